The Bertz CT molecular complexity index is 226. The molecule has 2 aliphatic carbocycles. The van der Waals surface area contributed by atoms with Crippen molar-refractivity contribution < 1.29 is 5.11 Å². The van der Waals surface area contributed by atoms with Crippen LogP contribution in [0.25, 0.3) is 0 Å². The van der Waals surface area contributed by atoms with Gasteiger partial charge in [0, 0.05) is 19.1 Å². The first-order valence-electron chi connectivity index (χ1n) is 6.77. The van der Waals surface area contributed by atoms with Crippen molar-refractivity contribution in [3.63, 3.8) is 0 Å². The minimum Gasteiger partial charge on any atom is -0.394 e. The molecule has 0 radical (unpaired) electrons. The van der Waals surface area contributed by atoms with Gasteiger partial charge in [-0.05, 0) is 45.1 Å². The SMILES string of the molecule is CCNC(C)(CO)CN(CC1CC1)C1CC1. The van der Waals surface area contributed by atoms with Crippen LogP contribution in [0.1, 0.15) is 39.5 Å². The maximum Gasteiger partial charge on any atom is 0.0623 e. The third kappa shape index (κ3) is 3.44. The summed E-state index contributed by atoms with van der Waals surface area (Å²) in [4.78, 5) is 2.61. The fourth-order valence-corrected chi connectivity index (χ4v) is 2.45. The first kappa shape index (κ1) is 12.3. The fourth-order valence-electron chi connectivity index (χ4n) is 2.45. The van der Waals surface area contributed by atoms with Gasteiger partial charge in [0.2, 0.25) is 0 Å². The second-order valence-corrected chi connectivity index (χ2v) is 5.85. The number of nitrogens with one attached hydrogen (secondary N) is 1. The zero-order valence-electron chi connectivity index (χ0n) is 10.7. The van der Waals surface area contributed by atoms with E-state index in [1.54, 1.807) is 0 Å². The van der Waals surface area contributed by atoms with Crippen LogP contribution < -0.4 is 5.32 Å². The van der Waals surface area contributed by atoms with Gasteiger partial charge >= 0.3 is 0 Å². The molecule has 94 valence electrons. The molecule has 1 atom stereocenters. The monoisotopic (exact) mass is 226 g/mol. The van der Waals surface area contributed by atoms with Gasteiger partial charge in [0.05, 0.1) is 12.1 Å². The van der Waals surface area contributed by atoms with Crippen LogP contribution in [0, 0.1) is 5.92 Å². The Hall–Kier alpha value is -0.120. The van der Waals surface area contributed by atoms with Gasteiger partial charge in [-0.3, -0.25) is 4.90 Å². The van der Waals surface area contributed by atoms with Crippen molar-refractivity contribution in [3.05, 3.63) is 0 Å². The van der Waals surface area contributed by atoms with Crippen LogP contribution >= 0.6 is 0 Å². The molecule has 2 rings (SSSR count). The predicted octanol–water partition coefficient (Wildman–Crippen LogP) is 1.22. The average Bonchev–Trinajstić information content (AvgIpc) is 3.10. The van der Waals surface area contributed by atoms with Gasteiger partial charge in [-0.25, -0.2) is 0 Å². The highest BCUT2D eigenvalue weighted by molar-refractivity contribution is 4.94. The van der Waals surface area contributed by atoms with Crippen LogP contribution in [0.5, 0.6) is 0 Å². The molecular weight excluding hydrogens is 200 g/mol. The summed E-state index contributed by atoms with van der Waals surface area (Å²) < 4.78 is 0. The number of aliphatic hydroxyl groups is 1. The lowest BCUT2D eigenvalue weighted by Crippen LogP contribution is -2.54. The Morgan fingerprint density at radius 2 is 2.00 bits per heavy atom. The molecule has 0 aromatic rings. The minimum atomic E-state index is -0.119. The van der Waals surface area contributed by atoms with Gasteiger partial charge in [-0.2, -0.15) is 0 Å². The highest BCUT2D eigenvalue weighted by atomic mass is 16.3. The van der Waals surface area contributed by atoms with Crippen molar-refractivity contribution in [1.82, 2.24) is 10.2 Å². The molecule has 0 amide bonds. The van der Waals surface area contributed by atoms with E-state index in [1.807, 2.05) is 0 Å². The van der Waals surface area contributed by atoms with Crippen LogP contribution in [0.2, 0.25) is 0 Å². The van der Waals surface area contributed by atoms with Crippen molar-refractivity contribution >= 4 is 0 Å². The molecule has 0 saturated heterocycles. The molecule has 2 saturated carbocycles. The summed E-state index contributed by atoms with van der Waals surface area (Å²) in [5, 5.41) is 13.0. The zero-order valence-corrected chi connectivity index (χ0v) is 10.7. The molecule has 3 heteroatoms. The van der Waals surface area contributed by atoms with Crippen LogP contribution in [0.15, 0.2) is 0 Å². The number of rotatable bonds is 8. The van der Waals surface area contributed by atoms with Crippen LogP contribution in [-0.2, 0) is 0 Å². The second kappa shape index (κ2) is 5.03. The van der Waals surface area contributed by atoms with E-state index in [2.05, 4.69) is 24.1 Å². The average molecular weight is 226 g/mol. The van der Waals surface area contributed by atoms with Gasteiger partial charge in [-0.1, -0.05) is 6.92 Å². The van der Waals surface area contributed by atoms with Gasteiger partial charge in [-0.15, -0.1) is 0 Å². The van der Waals surface area contributed by atoms with Crippen molar-refractivity contribution in [2.75, 3.05) is 26.2 Å². The van der Waals surface area contributed by atoms with E-state index in [1.165, 1.54) is 32.2 Å². The summed E-state index contributed by atoms with van der Waals surface area (Å²) >= 11 is 0. The first-order valence-corrected chi connectivity index (χ1v) is 6.77. The molecule has 0 heterocycles. The molecule has 2 fully saturated rings. The number of nitrogens with zero attached hydrogens (tertiary/aromatic N) is 1. The van der Waals surface area contributed by atoms with Crippen LogP contribution in [-0.4, -0.2) is 47.8 Å². The van der Waals surface area contributed by atoms with Crippen LogP contribution in [0.3, 0.4) is 0 Å². The minimum absolute atomic E-state index is 0.119. The van der Waals surface area contributed by atoms with Crippen molar-refractivity contribution in [2.45, 2.75) is 51.1 Å². The van der Waals surface area contributed by atoms with Gasteiger partial charge in [0.25, 0.3) is 0 Å². The lowest BCUT2D eigenvalue weighted by molar-refractivity contribution is 0.114. The van der Waals surface area contributed by atoms with Gasteiger partial charge in [0.1, 0.15) is 0 Å². The van der Waals surface area contributed by atoms with Crippen molar-refractivity contribution in [2.24, 2.45) is 5.92 Å². The Labute approximate surface area is 99.2 Å². The van der Waals surface area contributed by atoms with Gasteiger partial charge in [0.15, 0.2) is 0 Å². The highest BCUT2D eigenvalue weighted by Gasteiger charge is 2.37. The molecule has 0 spiro atoms. The lowest BCUT2D eigenvalue weighted by atomic mass is 10.0. The Morgan fingerprint density at radius 1 is 1.31 bits per heavy atom. The highest BCUT2D eigenvalue weighted by Crippen LogP contribution is 2.35. The number of hydrogen-bond donors (Lipinski definition) is 2. The van der Waals surface area contributed by atoms with Gasteiger partial charge < -0.3 is 10.4 Å². The molecule has 0 aromatic carbocycles. The third-order valence-corrected chi connectivity index (χ3v) is 3.76. The van der Waals surface area contributed by atoms with E-state index in [9.17, 15) is 5.11 Å². The van der Waals surface area contributed by atoms with E-state index in [-0.39, 0.29) is 12.1 Å². The quantitative estimate of drug-likeness (QED) is 0.653. The standard InChI is InChI=1S/C13H26N2O/c1-3-14-13(2,10-16)9-15(12-6-7-12)8-11-4-5-11/h11-12,14,16H,3-10H2,1-2H3. The van der Waals surface area contributed by atoms with Crippen molar-refractivity contribution in [3.8, 4) is 0 Å². The number of likely N-dealkylation sites (N-methyl/N-ethyl adjacent to an activating group) is 1. The molecule has 0 aromatic heterocycles. The first-order chi connectivity index (χ1) is 7.67. The maximum atomic E-state index is 9.53. The summed E-state index contributed by atoms with van der Waals surface area (Å²) in [5.74, 6) is 0.949. The second-order valence-electron chi connectivity index (χ2n) is 5.85. The van der Waals surface area contributed by atoms with Crippen molar-refractivity contribution in [1.29, 1.82) is 0 Å². The van der Waals surface area contributed by atoms with E-state index in [0.29, 0.717) is 0 Å². The number of hydrogen-bond acceptors (Lipinski definition) is 3. The molecule has 3 nitrogen and oxygen atoms in total. The summed E-state index contributed by atoms with van der Waals surface area (Å²) in [6.07, 6.45) is 5.56. The lowest BCUT2D eigenvalue weighted by Gasteiger charge is -2.35. The Kier molecular flexibility index (Phi) is 3.88. The summed E-state index contributed by atoms with van der Waals surface area (Å²) in [7, 11) is 0. The van der Waals surface area contributed by atoms with E-state index < -0.39 is 0 Å². The van der Waals surface area contributed by atoms with E-state index in [4.69, 9.17) is 0 Å². The Morgan fingerprint density at radius 3 is 2.44 bits per heavy atom. The summed E-state index contributed by atoms with van der Waals surface area (Å²) in [6.45, 7) is 7.66. The normalized spacial score (nSPS) is 24.8. The molecule has 0 aliphatic heterocycles. The fraction of sp³-hybridized carbons (Fsp3) is 1.00. The molecule has 1 unspecified atom stereocenters. The largest absolute Gasteiger partial charge is 0.394 e. The Balaban J connectivity index is 1.86. The predicted molar refractivity (Wildman–Crippen MR) is 66.5 cm³/mol. The van der Waals surface area contributed by atoms with E-state index >= 15 is 0 Å². The summed E-state index contributed by atoms with van der Waals surface area (Å²) in [5.41, 5.74) is -0.119. The topological polar surface area (TPSA) is 35.5 Å². The molecule has 16 heavy (non-hydrogen) atoms. The molecule has 0 bridgehead atoms. The van der Waals surface area contributed by atoms with Crippen LogP contribution in [0.4, 0.5) is 0 Å². The molecule has 2 N–H and O–H groups in total. The number of aliphatic hydroxyl groups excluding tert-OH is 1. The van der Waals surface area contributed by atoms with E-state index in [0.717, 1.165) is 25.0 Å². The molecular formula is C13H26N2O. The third-order valence-electron chi connectivity index (χ3n) is 3.76. The zero-order chi connectivity index (χ0) is 11.6. The maximum absolute atomic E-state index is 9.53. The summed E-state index contributed by atoms with van der Waals surface area (Å²) in [6, 6.07) is 0.810. The smallest absolute Gasteiger partial charge is 0.0623 e. The molecule has 2 aliphatic rings.